The van der Waals surface area contributed by atoms with Gasteiger partial charge in [0.05, 0.1) is 6.54 Å². The molecule has 0 saturated heterocycles. The van der Waals surface area contributed by atoms with Gasteiger partial charge in [-0.15, -0.1) is 40.8 Å². The number of nitrogens with zero attached hydrogens (tertiary/aromatic N) is 4. The minimum atomic E-state index is 0. The van der Waals surface area contributed by atoms with E-state index < -0.39 is 0 Å². The number of halogens is 1. The highest BCUT2D eigenvalue weighted by Crippen LogP contribution is 2.10. The Balaban J connectivity index is 0.00000338. The molecule has 0 radical (unpaired) electrons. The molecule has 1 aromatic carbocycles. The van der Waals surface area contributed by atoms with Crippen LogP contribution >= 0.6 is 24.0 Å². The van der Waals surface area contributed by atoms with E-state index >= 15 is 0 Å². The van der Waals surface area contributed by atoms with Gasteiger partial charge in [-0.2, -0.15) is 0 Å². The summed E-state index contributed by atoms with van der Waals surface area (Å²) in [6, 6.07) is 8.00. The van der Waals surface area contributed by atoms with E-state index in [4.69, 9.17) is 4.74 Å². The van der Waals surface area contributed by atoms with Gasteiger partial charge in [0.1, 0.15) is 24.7 Å². The molecule has 0 aliphatic heterocycles. The van der Waals surface area contributed by atoms with Crippen molar-refractivity contribution >= 4 is 29.9 Å². The first-order chi connectivity index (χ1) is 12.1. The van der Waals surface area contributed by atoms with Crippen LogP contribution in [0.15, 0.2) is 41.9 Å². The second kappa shape index (κ2) is 11.5. The van der Waals surface area contributed by atoms with E-state index in [-0.39, 0.29) is 24.0 Å². The van der Waals surface area contributed by atoms with Crippen molar-refractivity contribution in [2.75, 3.05) is 19.7 Å². The molecule has 0 atom stereocenters. The lowest BCUT2D eigenvalue weighted by Crippen LogP contribution is -2.39. The Morgan fingerprint density at radius 3 is 2.58 bits per heavy atom. The maximum absolute atomic E-state index is 5.71. The quantitative estimate of drug-likeness (QED) is 0.204. The normalized spacial score (nSPS) is 10.8. The van der Waals surface area contributed by atoms with Gasteiger partial charge in [-0.1, -0.05) is 23.8 Å². The van der Waals surface area contributed by atoms with E-state index in [9.17, 15) is 0 Å². The second-order valence-corrected chi connectivity index (χ2v) is 5.65. The van der Waals surface area contributed by atoms with Crippen molar-refractivity contribution in [3.63, 3.8) is 0 Å². The predicted octanol–water partition coefficient (Wildman–Crippen LogP) is 2.35. The van der Waals surface area contributed by atoms with Gasteiger partial charge in [-0.05, 0) is 26.0 Å². The van der Waals surface area contributed by atoms with Gasteiger partial charge in [0.15, 0.2) is 11.8 Å². The molecule has 0 amide bonds. The van der Waals surface area contributed by atoms with Crippen LogP contribution in [-0.4, -0.2) is 40.4 Å². The topological polar surface area (TPSA) is 76.4 Å². The molecule has 1 aromatic heterocycles. The zero-order chi connectivity index (χ0) is 18.1. The molecule has 2 aromatic rings. The van der Waals surface area contributed by atoms with Crippen molar-refractivity contribution in [1.82, 2.24) is 25.4 Å². The van der Waals surface area contributed by atoms with Crippen LogP contribution in [0.5, 0.6) is 5.75 Å². The van der Waals surface area contributed by atoms with E-state index in [2.05, 4.69) is 39.3 Å². The van der Waals surface area contributed by atoms with Crippen LogP contribution < -0.4 is 15.4 Å². The van der Waals surface area contributed by atoms with Gasteiger partial charge >= 0.3 is 0 Å². The molecule has 7 nitrogen and oxygen atoms in total. The Morgan fingerprint density at radius 1 is 1.23 bits per heavy atom. The number of hydrogen-bond donors (Lipinski definition) is 2. The summed E-state index contributed by atoms with van der Waals surface area (Å²) in [5.74, 6) is 3.23. The van der Waals surface area contributed by atoms with Crippen LogP contribution in [0.2, 0.25) is 0 Å². The van der Waals surface area contributed by atoms with E-state index in [0.717, 1.165) is 17.4 Å². The van der Waals surface area contributed by atoms with Crippen molar-refractivity contribution in [2.45, 2.75) is 20.4 Å². The third-order valence-corrected chi connectivity index (χ3v) is 3.66. The molecule has 8 heteroatoms. The van der Waals surface area contributed by atoms with Crippen molar-refractivity contribution in [3.05, 3.63) is 54.1 Å². The standard InChI is InChI=1S/C18H26N6O.HI/c1-5-10-19-18(21-13-17-23-22-15(3)24(17)4)20-11-12-25-16-8-6-14(2)7-9-16;/h5-9H,1,10-13H2,2-4H3,(H2,19,20,21);1H. The molecule has 0 bridgehead atoms. The Morgan fingerprint density at radius 2 is 1.96 bits per heavy atom. The number of aromatic nitrogens is 3. The number of ether oxygens (including phenoxy) is 1. The lowest BCUT2D eigenvalue weighted by molar-refractivity contribution is 0.322. The summed E-state index contributed by atoms with van der Waals surface area (Å²) >= 11 is 0. The summed E-state index contributed by atoms with van der Waals surface area (Å²) in [5, 5.41) is 14.6. The fraction of sp³-hybridized carbons (Fsp3) is 0.389. The van der Waals surface area contributed by atoms with E-state index in [1.54, 1.807) is 6.08 Å². The monoisotopic (exact) mass is 470 g/mol. The summed E-state index contributed by atoms with van der Waals surface area (Å²) < 4.78 is 7.63. The molecule has 0 aliphatic rings. The Hall–Kier alpha value is -2.10. The Kier molecular flexibility index (Phi) is 9.71. The maximum Gasteiger partial charge on any atom is 0.192 e. The molecule has 2 rings (SSSR count). The molecule has 1 heterocycles. The van der Waals surface area contributed by atoms with Crippen LogP contribution in [0, 0.1) is 13.8 Å². The van der Waals surface area contributed by atoms with Gasteiger partial charge < -0.3 is 19.9 Å². The first kappa shape index (κ1) is 21.9. The zero-order valence-electron chi connectivity index (χ0n) is 15.5. The van der Waals surface area contributed by atoms with Crippen LogP contribution in [0.3, 0.4) is 0 Å². The zero-order valence-corrected chi connectivity index (χ0v) is 17.9. The van der Waals surface area contributed by atoms with E-state index in [0.29, 0.717) is 32.2 Å². The molecule has 0 aliphatic carbocycles. The first-order valence-corrected chi connectivity index (χ1v) is 8.27. The van der Waals surface area contributed by atoms with Crippen LogP contribution in [0.1, 0.15) is 17.2 Å². The minimum absolute atomic E-state index is 0. The van der Waals surface area contributed by atoms with Gasteiger partial charge in [-0.3, -0.25) is 0 Å². The predicted molar refractivity (Wildman–Crippen MR) is 115 cm³/mol. The number of benzene rings is 1. The number of rotatable bonds is 8. The number of aryl methyl sites for hydroxylation is 2. The van der Waals surface area contributed by atoms with Crippen molar-refractivity contribution in [2.24, 2.45) is 12.0 Å². The number of nitrogens with one attached hydrogen (secondary N) is 2. The van der Waals surface area contributed by atoms with Crippen molar-refractivity contribution in [1.29, 1.82) is 0 Å². The van der Waals surface area contributed by atoms with E-state index in [1.165, 1.54) is 5.56 Å². The second-order valence-electron chi connectivity index (χ2n) is 5.65. The van der Waals surface area contributed by atoms with Crippen molar-refractivity contribution < 1.29 is 4.74 Å². The third-order valence-electron chi connectivity index (χ3n) is 3.66. The largest absolute Gasteiger partial charge is 0.492 e. The fourth-order valence-corrected chi connectivity index (χ4v) is 2.05. The molecule has 0 spiro atoms. The lowest BCUT2D eigenvalue weighted by Gasteiger charge is -2.12. The number of aliphatic imine (C=N–C) groups is 1. The average Bonchev–Trinajstić information content (AvgIpc) is 2.93. The van der Waals surface area contributed by atoms with Crippen LogP contribution in [-0.2, 0) is 13.6 Å². The first-order valence-electron chi connectivity index (χ1n) is 8.27. The molecule has 142 valence electrons. The van der Waals surface area contributed by atoms with Gasteiger partial charge in [0, 0.05) is 13.6 Å². The van der Waals surface area contributed by atoms with Crippen LogP contribution in [0.25, 0.3) is 0 Å². The minimum Gasteiger partial charge on any atom is -0.492 e. The van der Waals surface area contributed by atoms with Crippen LogP contribution in [0.4, 0.5) is 0 Å². The summed E-state index contributed by atoms with van der Waals surface area (Å²) in [7, 11) is 1.93. The molecule has 0 unspecified atom stereocenters. The number of hydrogen-bond acceptors (Lipinski definition) is 4. The average molecular weight is 470 g/mol. The van der Waals surface area contributed by atoms with Gasteiger partial charge in [0.2, 0.25) is 0 Å². The molecule has 0 saturated carbocycles. The molecule has 26 heavy (non-hydrogen) atoms. The lowest BCUT2D eigenvalue weighted by atomic mass is 10.2. The highest BCUT2D eigenvalue weighted by atomic mass is 127. The Labute approximate surface area is 172 Å². The van der Waals surface area contributed by atoms with E-state index in [1.807, 2.05) is 42.8 Å². The Bertz CT molecular complexity index is 711. The highest BCUT2D eigenvalue weighted by Gasteiger charge is 2.05. The van der Waals surface area contributed by atoms with Gasteiger partial charge in [-0.25, -0.2) is 4.99 Å². The summed E-state index contributed by atoms with van der Waals surface area (Å²) in [6.07, 6.45) is 1.78. The van der Waals surface area contributed by atoms with Gasteiger partial charge in [0.25, 0.3) is 0 Å². The highest BCUT2D eigenvalue weighted by molar-refractivity contribution is 14.0. The smallest absolute Gasteiger partial charge is 0.192 e. The fourth-order valence-electron chi connectivity index (χ4n) is 2.05. The summed E-state index contributed by atoms with van der Waals surface area (Å²) in [5.41, 5.74) is 1.22. The SMILES string of the molecule is C=CCNC(=NCc1nnc(C)n1C)NCCOc1ccc(C)cc1.I. The molecule has 2 N–H and O–H groups in total. The summed E-state index contributed by atoms with van der Waals surface area (Å²) in [4.78, 5) is 4.53. The molecule has 0 fully saturated rings. The number of guanidine groups is 1. The summed E-state index contributed by atoms with van der Waals surface area (Å²) in [6.45, 7) is 9.93. The van der Waals surface area contributed by atoms with Crippen molar-refractivity contribution in [3.8, 4) is 5.75 Å². The third kappa shape index (κ3) is 7.03. The molecular weight excluding hydrogens is 443 g/mol. The maximum atomic E-state index is 5.71. The molecular formula is C18H27IN6O.